The van der Waals surface area contributed by atoms with Crippen molar-refractivity contribution in [1.82, 2.24) is 0 Å². The Morgan fingerprint density at radius 2 is 0.804 bits per heavy atom. The molecule has 51 heavy (non-hydrogen) atoms. The second-order valence-corrected chi connectivity index (χ2v) is 13.4. The molecule has 0 bridgehead atoms. The van der Waals surface area contributed by atoms with Gasteiger partial charge < -0.3 is 4.90 Å². The highest BCUT2D eigenvalue weighted by Gasteiger charge is 2.40. The lowest BCUT2D eigenvalue weighted by molar-refractivity contribution is 0.714. The van der Waals surface area contributed by atoms with Gasteiger partial charge in [-0.15, -0.1) is 0 Å². The molecule has 0 saturated heterocycles. The molecule has 0 saturated carbocycles. The summed E-state index contributed by atoms with van der Waals surface area (Å²) in [6, 6.07) is 74.9. The maximum Gasteiger partial charge on any atom is 0.0540 e. The fraction of sp³-hybridized carbons (Fsp3) is 0.0400. The molecule has 0 aliphatic heterocycles. The monoisotopic (exact) mass is 651 g/mol. The molecule has 1 heteroatoms. The van der Waals surface area contributed by atoms with Crippen molar-refractivity contribution >= 4 is 17.1 Å². The summed E-state index contributed by atoms with van der Waals surface area (Å²) in [5, 5.41) is 0. The maximum atomic E-state index is 2.45. The second kappa shape index (κ2) is 12.8. The topological polar surface area (TPSA) is 3.24 Å². The number of nitrogens with zero attached hydrogens (tertiary/aromatic N) is 1. The van der Waals surface area contributed by atoms with Crippen molar-refractivity contribution in [1.29, 1.82) is 0 Å². The Morgan fingerprint density at radius 1 is 0.333 bits per heavy atom. The minimum absolute atomic E-state index is 0.305. The zero-order valence-corrected chi connectivity index (χ0v) is 28.6. The molecule has 1 nitrogen and oxygen atoms in total. The molecule has 0 amide bonds. The summed E-state index contributed by atoms with van der Waals surface area (Å²) >= 11 is 0. The molecule has 0 unspecified atom stereocenters. The lowest BCUT2D eigenvalue weighted by Crippen LogP contribution is -2.23. The summed E-state index contributed by atoms with van der Waals surface area (Å²) in [6.07, 6.45) is 0. The van der Waals surface area contributed by atoms with Crippen LogP contribution >= 0.6 is 0 Å². The van der Waals surface area contributed by atoms with E-state index in [1.54, 1.807) is 0 Å². The Kier molecular flexibility index (Phi) is 7.67. The van der Waals surface area contributed by atoms with Gasteiger partial charge in [-0.3, -0.25) is 0 Å². The van der Waals surface area contributed by atoms with Crippen molar-refractivity contribution in [2.45, 2.75) is 12.3 Å². The van der Waals surface area contributed by atoms with Gasteiger partial charge in [0.15, 0.2) is 0 Å². The van der Waals surface area contributed by atoms with E-state index in [9.17, 15) is 0 Å². The smallest absolute Gasteiger partial charge is 0.0540 e. The minimum Gasteiger partial charge on any atom is -0.310 e. The molecule has 0 N–H and O–H groups in total. The summed E-state index contributed by atoms with van der Waals surface area (Å²) < 4.78 is 0. The number of para-hydroxylation sites is 1. The largest absolute Gasteiger partial charge is 0.310 e. The Balaban J connectivity index is 1.29. The zero-order valence-electron chi connectivity index (χ0n) is 28.6. The van der Waals surface area contributed by atoms with E-state index in [0.29, 0.717) is 0 Å². The molecule has 1 aliphatic carbocycles. The van der Waals surface area contributed by atoms with Crippen LogP contribution in [0.5, 0.6) is 0 Å². The maximum absolute atomic E-state index is 2.45. The molecule has 242 valence electrons. The minimum atomic E-state index is -0.305. The van der Waals surface area contributed by atoms with Gasteiger partial charge in [-0.1, -0.05) is 176 Å². The van der Waals surface area contributed by atoms with Crippen molar-refractivity contribution in [3.8, 4) is 44.5 Å². The normalized spacial score (nSPS) is 12.6. The highest BCUT2D eigenvalue weighted by molar-refractivity contribution is 5.93. The predicted molar refractivity (Wildman–Crippen MR) is 215 cm³/mol. The number of fused-ring (bicyclic) bond motifs is 3. The van der Waals surface area contributed by atoms with E-state index >= 15 is 0 Å². The molecular formula is C50H37N. The molecular weight excluding hydrogens is 615 g/mol. The third-order valence-corrected chi connectivity index (χ3v) is 10.6. The number of hydrogen-bond acceptors (Lipinski definition) is 1. The summed E-state index contributed by atoms with van der Waals surface area (Å²) in [7, 11) is 0. The van der Waals surface area contributed by atoms with E-state index in [2.05, 4.69) is 218 Å². The fourth-order valence-corrected chi connectivity index (χ4v) is 8.08. The second-order valence-electron chi connectivity index (χ2n) is 13.4. The van der Waals surface area contributed by atoms with Gasteiger partial charge >= 0.3 is 0 Å². The van der Waals surface area contributed by atoms with Crippen molar-refractivity contribution in [2.75, 3.05) is 4.90 Å². The van der Waals surface area contributed by atoms with Gasteiger partial charge in [-0.05, 0) is 92.9 Å². The van der Waals surface area contributed by atoms with Crippen LogP contribution in [0.15, 0.2) is 206 Å². The molecule has 0 atom stereocenters. The summed E-state index contributed by atoms with van der Waals surface area (Å²) in [4.78, 5) is 2.45. The zero-order chi connectivity index (χ0) is 34.2. The van der Waals surface area contributed by atoms with Gasteiger partial charge in [-0.25, -0.2) is 0 Å². The Labute approximate surface area is 300 Å². The van der Waals surface area contributed by atoms with Crippen LogP contribution in [-0.2, 0) is 5.41 Å². The van der Waals surface area contributed by atoms with Gasteiger partial charge in [0.05, 0.1) is 5.69 Å². The number of rotatable bonds is 7. The van der Waals surface area contributed by atoms with Gasteiger partial charge in [-0.2, -0.15) is 0 Å². The molecule has 0 aromatic heterocycles. The molecule has 0 fully saturated rings. The van der Waals surface area contributed by atoms with Crippen LogP contribution in [-0.4, -0.2) is 0 Å². The highest BCUT2D eigenvalue weighted by atomic mass is 15.1. The first-order chi connectivity index (χ1) is 25.2. The average molecular weight is 652 g/mol. The number of benzene rings is 8. The molecule has 0 spiro atoms. The third-order valence-electron chi connectivity index (χ3n) is 10.6. The molecule has 8 aromatic rings. The summed E-state index contributed by atoms with van der Waals surface area (Å²) in [6.45, 7) is 2.39. The molecule has 8 aromatic carbocycles. The van der Waals surface area contributed by atoms with E-state index in [1.165, 1.54) is 61.2 Å². The third kappa shape index (κ3) is 5.26. The SMILES string of the molecule is CC1(c2cccc(N(c3ccc(-c4ccccc4)c(-c4ccccc4)c3)c3ccccc3-c3ccccc3)c2)c2ccccc2-c2ccccc21. The number of anilines is 3. The molecule has 9 rings (SSSR count). The van der Waals surface area contributed by atoms with E-state index in [1.807, 2.05) is 0 Å². The van der Waals surface area contributed by atoms with E-state index in [0.717, 1.165) is 17.1 Å². The summed E-state index contributed by atoms with van der Waals surface area (Å²) in [5.41, 5.74) is 16.8. The van der Waals surface area contributed by atoms with Crippen LogP contribution < -0.4 is 4.90 Å². The predicted octanol–water partition coefficient (Wildman–Crippen LogP) is 13.5. The van der Waals surface area contributed by atoms with Crippen molar-refractivity contribution in [2.24, 2.45) is 0 Å². The van der Waals surface area contributed by atoms with E-state index < -0.39 is 0 Å². The van der Waals surface area contributed by atoms with Gasteiger partial charge in [0.1, 0.15) is 0 Å². The van der Waals surface area contributed by atoms with Crippen molar-refractivity contribution < 1.29 is 0 Å². The van der Waals surface area contributed by atoms with Crippen molar-refractivity contribution in [3.05, 3.63) is 223 Å². The lowest BCUT2D eigenvalue weighted by atomic mass is 9.74. The molecule has 1 aliphatic rings. The van der Waals surface area contributed by atoms with Crippen LogP contribution in [0.25, 0.3) is 44.5 Å². The van der Waals surface area contributed by atoms with E-state index in [4.69, 9.17) is 0 Å². The quantitative estimate of drug-likeness (QED) is 0.166. The van der Waals surface area contributed by atoms with E-state index in [-0.39, 0.29) is 5.41 Å². The first-order valence-corrected chi connectivity index (χ1v) is 17.7. The molecule has 0 heterocycles. The first kappa shape index (κ1) is 30.6. The van der Waals surface area contributed by atoms with Crippen LogP contribution in [0.3, 0.4) is 0 Å². The van der Waals surface area contributed by atoms with Crippen LogP contribution in [0.2, 0.25) is 0 Å². The number of hydrogen-bond donors (Lipinski definition) is 0. The Hall–Kier alpha value is -6.44. The standard InChI is InChI=1S/C50H37N/c1-50(47-29-14-11-27-44(47)45-28-12-15-30-48(45)50)39-24-17-25-40(34-39)51(49-31-16-13-26-43(49)37-20-7-3-8-21-37)41-32-33-42(36-18-5-2-6-19-36)46(35-41)38-22-9-4-10-23-38/h2-35H,1H3. The Morgan fingerprint density at radius 3 is 1.41 bits per heavy atom. The van der Waals surface area contributed by atoms with Gasteiger partial charge in [0.2, 0.25) is 0 Å². The summed E-state index contributed by atoms with van der Waals surface area (Å²) in [5.74, 6) is 0. The average Bonchev–Trinajstić information content (AvgIpc) is 3.48. The van der Waals surface area contributed by atoms with Crippen LogP contribution in [0, 0.1) is 0 Å². The van der Waals surface area contributed by atoms with Gasteiger partial charge in [0.25, 0.3) is 0 Å². The lowest BCUT2D eigenvalue weighted by Gasteiger charge is -2.32. The van der Waals surface area contributed by atoms with Crippen LogP contribution in [0.1, 0.15) is 23.6 Å². The molecule has 0 radical (unpaired) electrons. The highest BCUT2D eigenvalue weighted by Crippen LogP contribution is 2.53. The van der Waals surface area contributed by atoms with Gasteiger partial charge in [0, 0.05) is 22.4 Å². The van der Waals surface area contributed by atoms with Crippen LogP contribution in [0.4, 0.5) is 17.1 Å². The Bertz CT molecular complexity index is 2430. The van der Waals surface area contributed by atoms with Crippen molar-refractivity contribution in [3.63, 3.8) is 0 Å². The fourth-order valence-electron chi connectivity index (χ4n) is 8.08. The first-order valence-electron chi connectivity index (χ1n) is 17.7.